The van der Waals surface area contributed by atoms with Crippen LogP contribution in [0, 0.1) is 23.5 Å². The summed E-state index contributed by atoms with van der Waals surface area (Å²) in [7, 11) is 0. The predicted octanol–water partition coefficient (Wildman–Crippen LogP) is 3.73. The number of amides is 5. The van der Waals surface area contributed by atoms with E-state index in [1.807, 2.05) is 34.9 Å². The Hall–Kier alpha value is -5.02. The number of rotatable bonds is 14. The highest BCUT2D eigenvalue weighted by Gasteiger charge is 2.40. The average molecular weight is 736 g/mol. The van der Waals surface area contributed by atoms with Crippen LogP contribution in [0.5, 0.6) is 0 Å². The van der Waals surface area contributed by atoms with E-state index in [0.29, 0.717) is 45.0 Å². The smallest absolute Gasteiger partial charge is 0.318 e. The number of carbonyl (C=O) groups excluding carboxylic acids is 4. The molecule has 4 heterocycles. The zero-order valence-electron chi connectivity index (χ0n) is 29.5. The molecule has 3 aliphatic heterocycles. The van der Waals surface area contributed by atoms with E-state index in [9.17, 15) is 23.6 Å². The first-order valence-electron chi connectivity index (χ1n) is 17.9. The molecule has 2 fully saturated rings. The van der Waals surface area contributed by atoms with Crippen molar-refractivity contribution >= 4 is 23.8 Å². The van der Waals surface area contributed by atoms with Crippen LogP contribution in [-0.4, -0.2) is 101 Å². The van der Waals surface area contributed by atoms with E-state index in [1.165, 1.54) is 0 Å². The number of hydrogen-bond donors (Lipinski definition) is 3. The molecule has 6 rings (SSSR count). The zero-order valence-corrected chi connectivity index (χ0v) is 29.5. The second kappa shape index (κ2) is 17.2. The third-order valence-corrected chi connectivity index (χ3v) is 9.91. The van der Waals surface area contributed by atoms with Gasteiger partial charge in [0.1, 0.15) is 23.6 Å². The number of aromatic nitrogens is 2. The summed E-state index contributed by atoms with van der Waals surface area (Å²) < 4.78 is 52.4. The molecule has 5 amide bonds. The molecular formula is C38H44F3N7O5. The molecule has 0 radical (unpaired) electrons. The second-order valence-corrected chi connectivity index (χ2v) is 13.8. The maximum Gasteiger partial charge on any atom is 0.318 e. The average Bonchev–Trinajstić information content (AvgIpc) is 3.85. The fourth-order valence-electron chi connectivity index (χ4n) is 7.05. The Labute approximate surface area is 305 Å². The van der Waals surface area contributed by atoms with Crippen LogP contribution in [0.2, 0.25) is 0 Å². The number of urea groups is 1. The second-order valence-electron chi connectivity index (χ2n) is 13.8. The number of carbonyl (C=O) groups is 4. The highest BCUT2D eigenvalue weighted by molar-refractivity contribution is 6.13. The van der Waals surface area contributed by atoms with E-state index in [1.54, 1.807) is 18.0 Å². The normalized spacial score (nSPS) is 20.1. The molecule has 0 spiro atoms. The van der Waals surface area contributed by atoms with E-state index >= 15 is 8.78 Å². The Morgan fingerprint density at radius 3 is 2.49 bits per heavy atom. The fraction of sp³-hybridized carbons (Fsp3) is 0.447. The van der Waals surface area contributed by atoms with Crippen molar-refractivity contribution in [2.24, 2.45) is 11.8 Å². The predicted molar refractivity (Wildman–Crippen MR) is 189 cm³/mol. The molecule has 1 aromatic heterocycles. The summed E-state index contributed by atoms with van der Waals surface area (Å²) >= 11 is 0. The van der Waals surface area contributed by atoms with Gasteiger partial charge in [-0.1, -0.05) is 30.3 Å². The molecule has 3 aromatic rings. The molecule has 0 bridgehead atoms. The highest BCUT2D eigenvalue weighted by atomic mass is 19.1. The van der Waals surface area contributed by atoms with Crippen molar-refractivity contribution in [3.05, 3.63) is 89.9 Å². The van der Waals surface area contributed by atoms with Gasteiger partial charge in [-0.3, -0.25) is 19.3 Å². The largest absolute Gasteiger partial charge is 0.381 e. The standard InChI is InChI=1S/C38H44F3N7O5/c1-24(18-43-33(49)11-14-47-34(50)9-10-35(47)51)44-38(52)48(22-27-19-42-20-31(27)41)36(26-12-15-53-16-13-26)37-45-32(29-17-28(39)7-8-30(29)40)23-46(37)21-25-5-3-2-4-6-25/h2-10,17,23-24,26-27,31,36,42H,11-16,18-22H2,1H3,(H,43,49)(H,44,52)/t24?,27-,31-,36+/m0/s1. The van der Waals surface area contributed by atoms with Gasteiger partial charge in [0.25, 0.3) is 11.8 Å². The number of alkyl halides is 1. The Morgan fingerprint density at radius 2 is 1.79 bits per heavy atom. The quantitative estimate of drug-likeness (QED) is 0.215. The van der Waals surface area contributed by atoms with Gasteiger partial charge in [-0.25, -0.2) is 22.9 Å². The van der Waals surface area contributed by atoms with E-state index in [-0.39, 0.29) is 49.8 Å². The molecule has 282 valence electrons. The summed E-state index contributed by atoms with van der Waals surface area (Å²) in [6.45, 7) is 3.42. The maximum absolute atomic E-state index is 15.3. The van der Waals surface area contributed by atoms with Crippen LogP contribution in [0.4, 0.5) is 18.0 Å². The third-order valence-electron chi connectivity index (χ3n) is 9.91. The lowest BCUT2D eigenvalue weighted by atomic mass is 9.89. The minimum atomic E-state index is -1.21. The Morgan fingerprint density at radius 1 is 1.06 bits per heavy atom. The van der Waals surface area contributed by atoms with Gasteiger partial charge in [0.05, 0.1) is 11.7 Å². The van der Waals surface area contributed by atoms with E-state index in [4.69, 9.17) is 9.72 Å². The number of benzene rings is 2. The summed E-state index contributed by atoms with van der Waals surface area (Å²) in [5.41, 5.74) is 1.09. The lowest BCUT2D eigenvalue weighted by molar-refractivity contribution is -0.137. The molecule has 2 saturated heterocycles. The molecule has 1 unspecified atom stereocenters. The van der Waals surface area contributed by atoms with Crippen molar-refractivity contribution in [3.8, 4) is 11.3 Å². The number of ether oxygens (including phenoxy) is 1. The third kappa shape index (κ3) is 9.32. The summed E-state index contributed by atoms with van der Waals surface area (Å²) in [6, 6.07) is 10.9. The molecule has 3 N–H and O–H groups in total. The fourth-order valence-corrected chi connectivity index (χ4v) is 7.05. The Bertz CT molecular complexity index is 1800. The van der Waals surface area contributed by atoms with Crippen LogP contribution in [0.1, 0.15) is 43.6 Å². The van der Waals surface area contributed by atoms with Gasteiger partial charge < -0.3 is 30.2 Å². The van der Waals surface area contributed by atoms with E-state index < -0.39 is 59.6 Å². The van der Waals surface area contributed by atoms with Crippen LogP contribution in [0.15, 0.2) is 66.9 Å². The number of halogens is 3. The first-order chi connectivity index (χ1) is 25.6. The van der Waals surface area contributed by atoms with Crippen LogP contribution in [-0.2, 0) is 25.7 Å². The number of nitrogens with one attached hydrogen (secondary N) is 3. The van der Waals surface area contributed by atoms with Gasteiger partial charge in [-0.2, -0.15) is 0 Å². The van der Waals surface area contributed by atoms with Crippen molar-refractivity contribution in [2.45, 2.75) is 51.0 Å². The van der Waals surface area contributed by atoms with E-state index in [0.717, 1.165) is 40.8 Å². The van der Waals surface area contributed by atoms with Gasteiger partial charge in [-0.05, 0) is 49.4 Å². The van der Waals surface area contributed by atoms with Crippen molar-refractivity contribution in [3.63, 3.8) is 0 Å². The van der Waals surface area contributed by atoms with Crippen molar-refractivity contribution in [1.29, 1.82) is 0 Å². The van der Waals surface area contributed by atoms with Crippen LogP contribution in [0.3, 0.4) is 0 Å². The molecule has 2 aromatic carbocycles. The van der Waals surface area contributed by atoms with Crippen molar-refractivity contribution in [2.75, 3.05) is 45.9 Å². The Balaban J connectivity index is 1.30. The number of hydrogen-bond acceptors (Lipinski definition) is 7. The molecular weight excluding hydrogens is 691 g/mol. The minimum absolute atomic E-state index is 0.0253. The molecule has 12 nitrogen and oxygen atoms in total. The van der Waals surface area contributed by atoms with Crippen molar-refractivity contribution in [1.82, 2.24) is 35.3 Å². The van der Waals surface area contributed by atoms with Gasteiger partial charge in [0, 0.05) is 94.8 Å². The summed E-state index contributed by atoms with van der Waals surface area (Å²) in [5.74, 6) is -2.90. The van der Waals surface area contributed by atoms with Crippen LogP contribution < -0.4 is 16.0 Å². The van der Waals surface area contributed by atoms with Crippen LogP contribution >= 0.6 is 0 Å². The molecule has 3 aliphatic rings. The molecule has 4 atom stereocenters. The van der Waals surface area contributed by atoms with Gasteiger partial charge in [0.2, 0.25) is 5.91 Å². The zero-order chi connectivity index (χ0) is 37.5. The van der Waals surface area contributed by atoms with E-state index in [2.05, 4.69) is 16.0 Å². The molecule has 53 heavy (non-hydrogen) atoms. The van der Waals surface area contributed by atoms with Crippen LogP contribution in [0.25, 0.3) is 11.3 Å². The minimum Gasteiger partial charge on any atom is -0.381 e. The van der Waals surface area contributed by atoms with Gasteiger partial charge in [0.15, 0.2) is 0 Å². The topological polar surface area (TPSA) is 138 Å². The lowest BCUT2D eigenvalue weighted by Crippen LogP contribution is -2.52. The molecule has 0 saturated carbocycles. The summed E-state index contributed by atoms with van der Waals surface area (Å²) in [6.07, 6.45) is 3.79. The maximum atomic E-state index is 15.3. The van der Waals surface area contributed by atoms with Crippen molar-refractivity contribution < 1.29 is 37.1 Å². The summed E-state index contributed by atoms with van der Waals surface area (Å²) in [4.78, 5) is 58.3. The monoisotopic (exact) mass is 735 g/mol. The van der Waals surface area contributed by atoms with Gasteiger partial charge in [-0.15, -0.1) is 0 Å². The molecule has 15 heteroatoms. The summed E-state index contributed by atoms with van der Waals surface area (Å²) in [5, 5.41) is 8.78. The number of imide groups is 1. The Kier molecular flexibility index (Phi) is 12.2. The lowest BCUT2D eigenvalue weighted by Gasteiger charge is -2.40. The number of nitrogens with zero attached hydrogens (tertiary/aromatic N) is 4. The number of imidazole rings is 1. The highest BCUT2D eigenvalue weighted by Crippen LogP contribution is 2.38. The SMILES string of the molecule is CC(CNC(=O)CCN1C(=O)C=CC1=O)NC(=O)N(C[C@@H]1CNC[C@@H]1F)[C@@H](c1nc(-c2cc(F)ccc2F)cn1Cc1ccccc1)C1CCOCC1. The molecule has 0 aliphatic carbocycles. The van der Waals surface area contributed by atoms with Gasteiger partial charge >= 0.3 is 6.03 Å². The first-order valence-corrected chi connectivity index (χ1v) is 17.9. The first kappa shape index (κ1) is 37.7.